The Morgan fingerprint density at radius 3 is 3.00 bits per heavy atom. The fraction of sp³-hybridized carbons (Fsp3) is 0.714. The standard InChI is InChI=1S/C14H22N2S/c1-11-5-7-17-14(11)9-15-8-12-4-6-16(10-12)13-2-3-13/h5,7,12-13,15H,2-4,6,8-10H2,1H3. The van der Waals surface area contributed by atoms with E-state index in [1.807, 2.05) is 11.3 Å². The topological polar surface area (TPSA) is 15.3 Å². The number of aryl methyl sites for hydroxylation is 1. The summed E-state index contributed by atoms with van der Waals surface area (Å²) < 4.78 is 0. The van der Waals surface area contributed by atoms with Crippen molar-refractivity contribution in [1.29, 1.82) is 0 Å². The molecule has 17 heavy (non-hydrogen) atoms. The first-order valence-corrected chi connectivity index (χ1v) is 7.68. The Morgan fingerprint density at radius 2 is 2.29 bits per heavy atom. The molecule has 1 saturated carbocycles. The zero-order valence-electron chi connectivity index (χ0n) is 10.6. The summed E-state index contributed by atoms with van der Waals surface area (Å²) in [5.74, 6) is 0.885. The third kappa shape index (κ3) is 2.90. The van der Waals surface area contributed by atoms with Crippen LogP contribution < -0.4 is 5.32 Å². The van der Waals surface area contributed by atoms with E-state index in [2.05, 4.69) is 28.6 Å². The molecule has 1 unspecified atom stereocenters. The van der Waals surface area contributed by atoms with Gasteiger partial charge in [-0.2, -0.15) is 0 Å². The number of hydrogen-bond donors (Lipinski definition) is 1. The molecule has 2 nitrogen and oxygen atoms in total. The Balaban J connectivity index is 1.39. The number of rotatable bonds is 5. The molecular weight excluding hydrogens is 228 g/mol. The van der Waals surface area contributed by atoms with Gasteiger partial charge in [-0.3, -0.25) is 0 Å². The van der Waals surface area contributed by atoms with Crippen LogP contribution in [0.25, 0.3) is 0 Å². The molecule has 0 radical (unpaired) electrons. The summed E-state index contributed by atoms with van der Waals surface area (Å²) in [7, 11) is 0. The maximum Gasteiger partial charge on any atom is 0.0302 e. The predicted octanol–water partition coefficient (Wildman–Crippen LogP) is 2.63. The lowest BCUT2D eigenvalue weighted by Gasteiger charge is -2.15. The average molecular weight is 250 g/mol. The van der Waals surface area contributed by atoms with E-state index in [1.165, 1.54) is 49.3 Å². The molecule has 0 aromatic carbocycles. The van der Waals surface area contributed by atoms with Crippen molar-refractivity contribution in [2.24, 2.45) is 5.92 Å². The third-order valence-corrected chi connectivity index (χ3v) is 5.09. The van der Waals surface area contributed by atoms with Gasteiger partial charge in [0.05, 0.1) is 0 Å². The smallest absolute Gasteiger partial charge is 0.0302 e. The maximum atomic E-state index is 3.63. The molecule has 1 N–H and O–H groups in total. The van der Waals surface area contributed by atoms with E-state index in [9.17, 15) is 0 Å². The van der Waals surface area contributed by atoms with Gasteiger partial charge in [0.2, 0.25) is 0 Å². The van der Waals surface area contributed by atoms with Crippen LogP contribution in [0, 0.1) is 12.8 Å². The van der Waals surface area contributed by atoms with Crippen LogP contribution in [0.3, 0.4) is 0 Å². The summed E-state index contributed by atoms with van der Waals surface area (Å²) in [6.45, 7) is 7.14. The molecule has 0 spiro atoms. The van der Waals surface area contributed by atoms with Crippen LogP contribution in [0.1, 0.15) is 29.7 Å². The molecule has 1 aliphatic carbocycles. The summed E-state index contributed by atoms with van der Waals surface area (Å²) in [5, 5.41) is 5.83. The monoisotopic (exact) mass is 250 g/mol. The molecular formula is C14H22N2S. The lowest BCUT2D eigenvalue weighted by molar-refractivity contribution is 0.312. The van der Waals surface area contributed by atoms with Gasteiger partial charge in [0.1, 0.15) is 0 Å². The first-order chi connectivity index (χ1) is 8.33. The van der Waals surface area contributed by atoms with E-state index in [0.29, 0.717) is 0 Å². The largest absolute Gasteiger partial charge is 0.312 e. The number of hydrogen-bond acceptors (Lipinski definition) is 3. The lowest BCUT2D eigenvalue weighted by Crippen LogP contribution is -2.27. The zero-order chi connectivity index (χ0) is 11.7. The van der Waals surface area contributed by atoms with Gasteiger partial charge in [-0.25, -0.2) is 0 Å². The molecule has 1 aromatic rings. The SMILES string of the molecule is Cc1ccsc1CNCC1CCN(C2CC2)C1. The van der Waals surface area contributed by atoms with Gasteiger partial charge in [-0.15, -0.1) is 11.3 Å². The van der Waals surface area contributed by atoms with Gasteiger partial charge < -0.3 is 10.2 Å². The van der Waals surface area contributed by atoms with Crippen LogP contribution in [0.5, 0.6) is 0 Å². The summed E-state index contributed by atoms with van der Waals surface area (Å²) >= 11 is 1.87. The minimum atomic E-state index is 0.885. The van der Waals surface area contributed by atoms with E-state index < -0.39 is 0 Å². The predicted molar refractivity (Wildman–Crippen MR) is 73.5 cm³/mol. The lowest BCUT2D eigenvalue weighted by atomic mass is 10.1. The van der Waals surface area contributed by atoms with Crippen molar-refractivity contribution in [3.8, 4) is 0 Å². The van der Waals surface area contributed by atoms with Crippen LogP contribution >= 0.6 is 11.3 Å². The highest BCUT2D eigenvalue weighted by atomic mass is 32.1. The first-order valence-electron chi connectivity index (χ1n) is 6.80. The van der Waals surface area contributed by atoms with E-state index in [-0.39, 0.29) is 0 Å². The van der Waals surface area contributed by atoms with E-state index in [0.717, 1.165) is 18.5 Å². The molecule has 0 amide bonds. The molecule has 1 saturated heterocycles. The van der Waals surface area contributed by atoms with Crippen molar-refractivity contribution >= 4 is 11.3 Å². The first kappa shape index (κ1) is 11.7. The van der Waals surface area contributed by atoms with Gasteiger partial charge >= 0.3 is 0 Å². The summed E-state index contributed by atoms with van der Waals surface area (Å²) in [4.78, 5) is 4.20. The molecule has 2 aliphatic rings. The Bertz CT molecular complexity index is 370. The van der Waals surface area contributed by atoms with Gasteiger partial charge in [-0.1, -0.05) is 0 Å². The van der Waals surface area contributed by atoms with E-state index in [4.69, 9.17) is 0 Å². The minimum absolute atomic E-state index is 0.885. The highest BCUT2D eigenvalue weighted by Gasteiger charge is 2.33. The average Bonchev–Trinajstić information content (AvgIpc) is 2.94. The van der Waals surface area contributed by atoms with Gasteiger partial charge in [0, 0.05) is 24.0 Å². The van der Waals surface area contributed by atoms with Crippen LogP contribution in [0.2, 0.25) is 0 Å². The molecule has 3 rings (SSSR count). The molecule has 1 aromatic heterocycles. The van der Waals surface area contributed by atoms with Gasteiger partial charge in [0.25, 0.3) is 0 Å². The Labute approximate surface area is 108 Å². The van der Waals surface area contributed by atoms with Crippen LogP contribution in [-0.2, 0) is 6.54 Å². The van der Waals surface area contributed by atoms with E-state index >= 15 is 0 Å². The Morgan fingerprint density at radius 1 is 1.41 bits per heavy atom. The van der Waals surface area contributed by atoms with Crippen molar-refractivity contribution < 1.29 is 0 Å². The summed E-state index contributed by atoms with van der Waals surface area (Å²) in [6, 6.07) is 3.17. The maximum absolute atomic E-state index is 3.63. The summed E-state index contributed by atoms with van der Waals surface area (Å²) in [6.07, 6.45) is 4.30. The van der Waals surface area contributed by atoms with Crippen molar-refractivity contribution in [3.63, 3.8) is 0 Å². The quantitative estimate of drug-likeness (QED) is 0.864. The molecule has 94 valence electrons. The summed E-state index contributed by atoms with van der Waals surface area (Å²) in [5.41, 5.74) is 1.44. The van der Waals surface area contributed by atoms with Crippen molar-refractivity contribution in [2.75, 3.05) is 19.6 Å². The van der Waals surface area contributed by atoms with Crippen LogP contribution in [-0.4, -0.2) is 30.6 Å². The van der Waals surface area contributed by atoms with Gasteiger partial charge in [0.15, 0.2) is 0 Å². The second kappa shape index (κ2) is 5.09. The molecule has 1 atom stereocenters. The number of nitrogens with one attached hydrogen (secondary N) is 1. The van der Waals surface area contributed by atoms with Crippen LogP contribution in [0.15, 0.2) is 11.4 Å². The van der Waals surface area contributed by atoms with Crippen molar-refractivity contribution in [1.82, 2.24) is 10.2 Å². The zero-order valence-corrected chi connectivity index (χ0v) is 11.4. The number of nitrogens with zero attached hydrogens (tertiary/aromatic N) is 1. The molecule has 3 heteroatoms. The third-order valence-electron chi connectivity index (χ3n) is 4.07. The Hall–Kier alpha value is -0.380. The van der Waals surface area contributed by atoms with Crippen molar-refractivity contribution in [3.05, 3.63) is 21.9 Å². The van der Waals surface area contributed by atoms with Crippen molar-refractivity contribution in [2.45, 2.75) is 38.8 Å². The Kier molecular flexibility index (Phi) is 3.50. The molecule has 2 fully saturated rings. The second-order valence-electron chi connectivity index (χ2n) is 5.54. The number of thiophene rings is 1. The minimum Gasteiger partial charge on any atom is -0.312 e. The second-order valence-corrected chi connectivity index (χ2v) is 6.54. The fourth-order valence-electron chi connectivity index (χ4n) is 2.78. The fourth-order valence-corrected chi connectivity index (χ4v) is 3.65. The highest BCUT2D eigenvalue weighted by Crippen LogP contribution is 2.31. The van der Waals surface area contributed by atoms with E-state index in [1.54, 1.807) is 0 Å². The van der Waals surface area contributed by atoms with Crippen LogP contribution in [0.4, 0.5) is 0 Å². The normalized spacial score (nSPS) is 25.6. The number of likely N-dealkylation sites (tertiary alicyclic amines) is 1. The molecule has 2 heterocycles. The highest BCUT2D eigenvalue weighted by molar-refractivity contribution is 7.10. The molecule has 1 aliphatic heterocycles. The van der Waals surface area contributed by atoms with Gasteiger partial charge in [-0.05, 0) is 62.2 Å². The molecule has 0 bridgehead atoms.